The highest BCUT2D eigenvalue weighted by Gasteiger charge is 2.22. The van der Waals surface area contributed by atoms with E-state index in [9.17, 15) is 9.18 Å². The summed E-state index contributed by atoms with van der Waals surface area (Å²) < 4.78 is 14.1. The van der Waals surface area contributed by atoms with Crippen LogP contribution in [0.1, 0.15) is 32.3 Å². The number of amidine groups is 1. The number of aromatic nitrogens is 1. The van der Waals surface area contributed by atoms with E-state index in [1.165, 1.54) is 6.08 Å². The minimum Gasteiger partial charge on any atom is -0.370 e. The number of piperidine rings is 1. The molecule has 1 aliphatic heterocycles. The van der Waals surface area contributed by atoms with Gasteiger partial charge in [-0.15, -0.1) is 0 Å². The van der Waals surface area contributed by atoms with Gasteiger partial charge in [-0.3, -0.25) is 9.78 Å². The summed E-state index contributed by atoms with van der Waals surface area (Å²) in [6.07, 6.45) is 6.88. The van der Waals surface area contributed by atoms with Crippen LogP contribution in [0.15, 0.2) is 65.4 Å². The summed E-state index contributed by atoms with van der Waals surface area (Å²) in [5, 5.41) is 1.30. The molecule has 0 aliphatic carbocycles. The average Bonchev–Trinajstić information content (AvgIpc) is 2.86. The van der Waals surface area contributed by atoms with Crippen LogP contribution in [0.25, 0.3) is 10.9 Å². The fourth-order valence-electron chi connectivity index (χ4n) is 4.66. The van der Waals surface area contributed by atoms with E-state index in [2.05, 4.69) is 20.9 Å². The van der Waals surface area contributed by atoms with Crippen molar-refractivity contribution >= 4 is 46.0 Å². The second kappa shape index (κ2) is 11.0. The third-order valence-corrected chi connectivity index (χ3v) is 7.02. The minimum atomic E-state index is -0.218. The molecule has 1 aliphatic rings. The molecule has 1 aromatic heterocycles. The van der Waals surface area contributed by atoms with Crippen molar-refractivity contribution in [3.05, 3.63) is 76.8 Å². The summed E-state index contributed by atoms with van der Waals surface area (Å²) in [5.41, 5.74) is 4.50. The van der Waals surface area contributed by atoms with E-state index in [-0.39, 0.29) is 5.82 Å². The van der Waals surface area contributed by atoms with E-state index in [4.69, 9.17) is 11.6 Å². The van der Waals surface area contributed by atoms with Crippen molar-refractivity contribution in [2.45, 2.75) is 33.1 Å². The topological polar surface area (TPSA) is 48.8 Å². The zero-order valence-corrected chi connectivity index (χ0v) is 21.1. The van der Waals surface area contributed by atoms with E-state index >= 15 is 0 Å². The molecule has 35 heavy (non-hydrogen) atoms. The number of halogens is 2. The molecule has 1 fully saturated rings. The molecular weight excluding hydrogens is 463 g/mol. The molecular formula is C28H30ClFN4O. The van der Waals surface area contributed by atoms with Gasteiger partial charge in [-0.2, -0.15) is 0 Å². The largest absolute Gasteiger partial charge is 0.370 e. The van der Waals surface area contributed by atoms with Crippen LogP contribution in [0.4, 0.5) is 15.8 Å². The first kappa shape index (κ1) is 24.9. The van der Waals surface area contributed by atoms with Gasteiger partial charge in [0.1, 0.15) is 17.9 Å². The zero-order valence-electron chi connectivity index (χ0n) is 20.3. The molecule has 5 nitrogen and oxygen atoms in total. The van der Waals surface area contributed by atoms with E-state index in [1.807, 2.05) is 37.1 Å². The average molecular weight is 493 g/mol. The zero-order chi connectivity index (χ0) is 24.9. The number of aliphatic imine (C=N–C) groups is 1. The standard InChI is InChI=1S/C28H30ClFN4O/c1-19(12-16-35)32-20(2)33(3)23-7-9-27(25(29)18-23)34-14-10-21(11-15-34)17-22-6-8-26(30)24-5-4-13-31-28(22)24/h4-9,12-13,16,18,21H,10-11,14-15,17H2,1-3H3/b19-12-,32-20-. The van der Waals surface area contributed by atoms with Gasteiger partial charge in [0, 0.05) is 43.1 Å². The summed E-state index contributed by atoms with van der Waals surface area (Å²) in [6, 6.07) is 13.1. The second-order valence-corrected chi connectivity index (χ2v) is 9.45. The van der Waals surface area contributed by atoms with Crippen molar-refractivity contribution in [3.8, 4) is 0 Å². The lowest BCUT2D eigenvalue weighted by molar-refractivity contribution is -0.104. The van der Waals surface area contributed by atoms with Crippen molar-refractivity contribution in [2.24, 2.45) is 10.9 Å². The van der Waals surface area contributed by atoms with E-state index < -0.39 is 0 Å². The molecule has 2 heterocycles. The number of benzene rings is 2. The van der Waals surface area contributed by atoms with Crippen molar-refractivity contribution in [1.29, 1.82) is 0 Å². The maximum atomic E-state index is 14.1. The summed E-state index contributed by atoms with van der Waals surface area (Å²) in [4.78, 5) is 23.8. The lowest BCUT2D eigenvalue weighted by Gasteiger charge is -2.34. The molecule has 1 saturated heterocycles. The predicted molar refractivity (Wildman–Crippen MR) is 143 cm³/mol. The van der Waals surface area contributed by atoms with Gasteiger partial charge in [-0.05, 0) is 87.1 Å². The van der Waals surface area contributed by atoms with Crippen molar-refractivity contribution in [1.82, 2.24) is 4.98 Å². The number of carbonyl (C=O) groups is 1. The number of fused-ring (bicyclic) bond motifs is 1. The van der Waals surface area contributed by atoms with Gasteiger partial charge in [0.2, 0.25) is 0 Å². The Morgan fingerprint density at radius 1 is 1.23 bits per heavy atom. The van der Waals surface area contributed by atoms with E-state index in [0.717, 1.165) is 66.9 Å². The molecule has 2 aromatic carbocycles. The van der Waals surface area contributed by atoms with Crippen LogP contribution in [0, 0.1) is 11.7 Å². The van der Waals surface area contributed by atoms with Crippen LogP contribution >= 0.6 is 11.6 Å². The predicted octanol–water partition coefficient (Wildman–Crippen LogP) is 6.44. The number of allylic oxidation sites excluding steroid dienone is 2. The third-order valence-electron chi connectivity index (χ3n) is 6.72. The first-order chi connectivity index (χ1) is 16.9. The van der Waals surface area contributed by atoms with Crippen LogP contribution in [0.3, 0.4) is 0 Å². The quantitative estimate of drug-likeness (QED) is 0.172. The highest BCUT2D eigenvalue weighted by Crippen LogP contribution is 2.34. The molecule has 0 unspecified atom stereocenters. The fourth-order valence-corrected chi connectivity index (χ4v) is 4.96. The van der Waals surface area contributed by atoms with Crippen molar-refractivity contribution < 1.29 is 9.18 Å². The molecule has 0 spiro atoms. The van der Waals surface area contributed by atoms with Crippen LogP contribution in [-0.4, -0.2) is 37.2 Å². The Balaban J connectivity index is 1.41. The number of pyridine rings is 1. The Morgan fingerprint density at radius 3 is 2.71 bits per heavy atom. The molecule has 0 radical (unpaired) electrons. The number of nitrogens with zero attached hydrogens (tertiary/aromatic N) is 4. The number of rotatable bonds is 6. The Labute approximate surface area is 210 Å². The van der Waals surface area contributed by atoms with Crippen LogP contribution in [-0.2, 0) is 11.2 Å². The summed E-state index contributed by atoms with van der Waals surface area (Å²) in [7, 11) is 1.93. The molecule has 7 heteroatoms. The number of aldehydes is 1. The fraction of sp³-hybridized carbons (Fsp3) is 0.321. The number of anilines is 2. The van der Waals surface area contributed by atoms with Crippen molar-refractivity contribution in [3.63, 3.8) is 0 Å². The van der Waals surface area contributed by atoms with Crippen LogP contribution in [0.5, 0.6) is 0 Å². The molecule has 0 bridgehead atoms. The first-order valence-corrected chi connectivity index (χ1v) is 12.2. The van der Waals surface area contributed by atoms with Gasteiger partial charge >= 0.3 is 0 Å². The molecule has 0 saturated carbocycles. The first-order valence-electron chi connectivity index (χ1n) is 11.8. The molecule has 0 amide bonds. The van der Waals surface area contributed by atoms with Gasteiger partial charge in [-0.25, -0.2) is 9.38 Å². The van der Waals surface area contributed by atoms with E-state index in [1.54, 1.807) is 31.3 Å². The number of hydrogen-bond donors (Lipinski definition) is 0. The Bertz CT molecular complexity index is 1280. The smallest absolute Gasteiger partial charge is 0.144 e. The lowest BCUT2D eigenvalue weighted by Crippen LogP contribution is -2.34. The molecule has 4 rings (SSSR count). The van der Waals surface area contributed by atoms with Gasteiger partial charge in [0.15, 0.2) is 0 Å². The van der Waals surface area contributed by atoms with Gasteiger partial charge < -0.3 is 9.80 Å². The SMILES string of the molecule is CC(=C/C=O)/N=C(/C)N(C)c1ccc(N2CCC(Cc3ccc(F)c4cccnc34)CC2)c(Cl)c1. The third kappa shape index (κ3) is 5.70. The highest BCUT2D eigenvalue weighted by atomic mass is 35.5. The summed E-state index contributed by atoms with van der Waals surface area (Å²) >= 11 is 6.70. The van der Waals surface area contributed by atoms with Gasteiger partial charge in [0.25, 0.3) is 0 Å². The Morgan fingerprint density at radius 2 is 2.00 bits per heavy atom. The Hall–Kier alpha value is -3.25. The molecule has 3 aromatic rings. The summed E-state index contributed by atoms with van der Waals surface area (Å²) in [6.45, 7) is 5.53. The Kier molecular flexibility index (Phi) is 7.81. The normalized spacial score (nSPS) is 15.5. The van der Waals surface area contributed by atoms with Gasteiger partial charge in [0.05, 0.1) is 16.2 Å². The maximum Gasteiger partial charge on any atom is 0.144 e. The molecule has 0 N–H and O–H groups in total. The van der Waals surface area contributed by atoms with E-state index in [0.29, 0.717) is 22.0 Å². The monoisotopic (exact) mass is 492 g/mol. The number of carbonyl (C=O) groups excluding carboxylic acids is 1. The molecule has 182 valence electrons. The maximum absolute atomic E-state index is 14.1. The number of hydrogen-bond acceptors (Lipinski definition) is 4. The second-order valence-electron chi connectivity index (χ2n) is 9.04. The van der Waals surface area contributed by atoms with Crippen molar-refractivity contribution in [2.75, 3.05) is 29.9 Å². The van der Waals surface area contributed by atoms with Crippen LogP contribution < -0.4 is 9.80 Å². The minimum absolute atomic E-state index is 0.218. The summed E-state index contributed by atoms with van der Waals surface area (Å²) in [5.74, 6) is 1.07. The van der Waals surface area contributed by atoms with Crippen LogP contribution in [0.2, 0.25) is 5.02 Å². The van der Waals surface area contributed by atoms with Gasteiger partial charge in [-0.1, -0.05) is 17.7 Å². The lowest BCUT2D eigenvalue weighted by atomic mass is 9.89. The highest BCUT2D eigenvalue weighted by molar-refractivity contribution is 6.33. The molecule has 0 atom stereocenters.